The molecule has 1 aliphatic heterocycles. The lowest BCUT2D eigenvalue weighted by molar-refractivity contribution is -0.116. The van der Waals surface area contributed by atoms with Gasteiger partial charge in [0.25, 0.3) is 0 Å². The highest BCUT2D eigenvalue weighted by atomic mass is 32.2. The van der Waals surface area contributed by atoms with Crippen LogP contribution in [0.1, 0.15) is 39.0 Å². The van der Waals surface area contributed by atoms with Crippen molar-refractivity contribution in [2.45, 2.75) is 39.0 Å². The van der Waals surface area contributed by atoms with E-state index in [4.69, 9.17) is 4.74 Å². The number of rotatable bonds is 8. The minimum Gasteiger partial charge on any atom is -0.494 e. The van der Waals surface area contributed by atoms with Gasteiger partial charge in [0.05, 0.1) is 18.1 Å². The van der Waals surface area contributed by atoms with Gasteiger partial charge in [-0.3, -0.25) is 4.79 Å². The predicted octanol–water partition coefficient (Wildman–Crippen LogP) is 3.02. The van der Waals surface area contributed by atoms with Crippen molar-refractivity contribution in [1.82, 2.24) is 0 Å². The Bertz CT molecular complexity index is 610. The summed E-state index contributed by atoms with van der Waals surface area (Å²) in [5, 5.41) is 2.81. The average Bonchev–Trinajstić information content (AvgIpc) is 2.84. The van der Waals surface area contributed by atoms with Crippen LogP contribution in [0.5, 0.6) is 5.75 Å². The Hall–Kier alpha value is -1.56. The third-order valence-corrected chi connectivity index (χ3v) is 5.79. The Balaban J connectivity index is 1.75. The van der Waals surface area contributed by atoms with Crippen molar-refractivity contribution in [2.24, 2.45) is 5.92 Å². The van der Waals surface area contributed by atoms with E-state index >= 15 is 0 Å². The summed E-state index contributed by atoms with van der Waals surface area (Å²) in [5.74, 6) is 0.936. The zero-order valence-corrected chi connectivity index (χ0v) is 14.4. The van der Waals surface area contributed by atoms with Gasteiger partial charge in [0, 0.05) is 12.1 Å². The summed E-state index contributed by atoms with van der Waals surface area (Å²) in [7, 11) is -2.93. The highest BCUT2D eigenvalue weighted by molar-refractivity contribution is 7.91. The maximum absolute atomic E-state index is 12.0. The highest BCUT2D eigenvalue weighted by Crippen LogP contribution is 2.22. The van der Waals surface area contributed by atoms with Crippen molar-refractivity contribution in [3.8, 4) is 5.75 Å². The molecule has 1 aromatic rings. The third kappa shape index (κ3) is 6.22. The fraction of sp³-hybridized carbons (Fsp3) is 0.588. The number of carbonyl (C=O) groups excluding carboxylic acids is 1. The minimum atomic E-state index is -2.93. The van der Waals surface area contributed by atoms with Gasteiger partial charge in [0.1, 0.15) is 5.75 Å². The molecule has 128 valence electrons. The largest absolute Gasteiger partial charge is 0.494 e. The van der Waals surface area contributed by atoms with Gasteiger partial charge in [-0.05, 0) is 43.0 Å². The molecule has 1 unspecified atom stereocenters. The van der Waals surface area contributed by atoms with E-state index in [1.54, 1.807) is 12.1 Å². The summed E-state index contributed by atoms with van der Waals surface area (Å²) in [6.07, 6.45) is 4.20. The molecular weight excluding hydrogens is 314 g/mol. The van der Waals surface area contributed by atoms with E-state index in [1.165, 1.54) is 0 Å². The fourth-order valence-electron chi connectivity index (χ4n) is 2.68. The Morgan fingerprint density at radius 3 is 2.61 bits per heavy atom. The zero-order valence-electron chi connectivity index (χ0n) is 13.6. The van der Waals surface area contributed by atoms with Crippen molar-refractivity contribution in [3.63, 3.8) is 0 Å². The van der Waals surface area contributed by atoms with Gasteiger partial charge in [-0.2, -0.15) is 0 Å². The molecule has 1 heterocycles. The summed E-state index contributed by atoms with van der Waals surface area (Å²) in [5.41, 5.74) is 0.705. The zero-order chi connectivity index (χ0) is 16.7. The van der Waals surface area contributed by atoms with Crippen LogP contribution in [0.3, 0.4) is 0 Å². The summed E-state index contributed by atoms with van der Waals surface area (Å²) >= 11 is 0. The standard InChI is InChI=1S/C17H25NO4S/c1-2-3-4-10-22-16-7-5-15(6-8-16)18-17(19)12-14-9-11-23(20,21)13-14/h5-8,14H,2-4,9-13H2,1H3,(H,18,19). The first-order chi connectivity index (χ1) is 11.0. The van der Waals surface area contributed by atoms with Crippen molar-refractivity contribution in [1.29, 1.82) is 0 Å². The summed E-state index contributed by atoms with van der Waals surface area (Å²) in [6.45, 7) is 2.86. The minimum absolute atomic E-state index is 0.0545. The first-order valence-electron chi connectivity index (χ1n) is 8.21. The van der Waals surface area contributed by atoms with E-state index in [9.17, 15) is 13.2 Å². The number of nitrogens with one attached hydrogen (secondary N) is 1. The van der Waals surface area contributed by atoms with Crippen molar-refractivity contribution >= 4 is 21.4 Å². The molecule has 1 amide bonds. The third-order valence-electron chi connectivity index (χ3n) is 3.96. The average molecular weight is 339 g/mol. The highest BCUT2D eigenvalue weighted by Gasteiger charge is 2.29. The fourth-order valence-corrected chi connectivity index (χ4v) is 4.55. The number of hydrogen-bond acceptors (Lipinski definition) is 4. The summed E-state index contributed by atoms with van der Waals surface area (Å²) in [4.78, 5) is 12.0. The van der Waals surface area contributed by atoms with E-state index in [2.05, 4.69) is 12.2 Å². The monoisotopic (exact) mass is 339 g/mol. The molecular formula is C17H25NO4S. The van der Waals surface area contributed by atoms with E-state index in [-0.39, 0.29) is 29.8 Å². The number of benzene rings is 1. The predicted molar refractivity (Wildman–Crippen MR) is 91.5 cm³/mol. The Morgan fingerprint density at radius 1 is 1.26 bits per heavy atom. The molecule has 6 heteroatoms. The molecule has 0 bridgehead atoms. The molecule has 0 radical (unpaired) electrons. The van der Waals surface area contributed by atoms with Crippen LogP contribution in [0.15, 0.2) is 24.3 Å². The molecule has 1 atom stereocenters. The molecule has 1 aromatic carbocycles. The first-order valence-corrected chi connectivity index (χ1v) is 10.0. The van der Waals surface area contributed by atoms with Gasteiger partial charge in [0.2, 0.25) is 5.91 Å². The number of carbonyl (C=O) groups is 1. The molecule has 0 spiro atoms. The number of ether oxygens (including phenoxy) is 1. The van der Waals surface area contributed by atoms with E-state index < -0.39 is 9.84 Å². The molecule has 0 aromatic heterocycles. The van der Waals surface area contributed by atoms with Crippen LogP contribution in [0.25, 0.3) is 0 Å². The molecule has 0 aliphatic carbocycles. The van der Waals surface area contributed by atoms with E-state index in [0.717, 1.165) is 25.0 Å². The second-order valence-corrected chi connectivity index (χ2v) is 8.33. The van der Waals surface area contributed by atoms with Gasteiger partial charge >= 0.3 is 0 Å². The topological polar surface area (TPSA) is 72.5 Å². The Labute approximate surface area is 138 Å². The second kappa shape index (κ2) is 8.34. The van der Waals surface area contributed by atoms with Gasteiger partial charge < -0.3 is 10.1 Å². The first kappa shape index (κ1) is 17.8. The lowest BCUT2D eigenvalue weighted by Gasteiger charge is -2.10. The lowest BCUT2D eigenvalue weighted by Crippen LogP contribution is -2.17. The maximum Gasteiger partial charge on any atom is 0.224 e. The molecule has 1 saturated heterocycles. The van der Waals surface area contributed by atoms with Crippen molar-refractivity contribution in [2.75, 3.05) is 23.4 Å². The van der Waals surface area contributed by atoms with Gasteiger partial charge in [-0.1, -0.05) is 19.8 Å². The van der Waals surface area contributed by atoms with Crippen LogP contribution in [0.4, 0.5) is 5.69 Å². The van der Waals surface area contributed by atoms with Gasteiger partial charge in [-0.15, -0.1) is 0 Å². The van der Waals surface area contributed by atoms with Crippen LogP contribution >= 0.6 is 0 Å². The molecule has 0 saturated carbocycles. The summed E-state index contributed by atoms with van der Waals surface area (Å²) in [6, 6.07) is 7.28. The van der Waals surface area contributed by atoms with Gasteiger partial charge in [0.15, 0.2) is 9.84 Å². The second-order valence-electron chi connectivity index (χ2n) is 6.10. The molecule has 2 rings (SSSR count). The smallest absolute Gasteiger partial charge is 0.224 e. The van der Waals surface area contributed by atoms with Crippen molar-refractivity contribution in [3.05, 3.63) is 24.3 Å². The van der Waals surface area contributed by atoms with Crippen LogP contribution < -0.4 is 10.1 Å². The molecule has 1 N–H and O–H groups in total. The SMILES string of the molecule is CCCCCOc1ccc(NC(=O)CC2CCS(=O)(=O)C2)cc1. The van der Waals surface area contributed by atoms with Crippen molar-refractivity contribution < 1.29 is 17.9 Å². The molecule has 23 heavy (non-hydrogen) atoms. The quantitative estimate of drug-likeness (QED) is 0.739. The summed E-state index contributed by atoms with van der Waals surface area (Å²) < 4.78 is 28.4. The Kier molecular flexibility index (Phi) is 6.45. The van der Waals surface area contributed by atoms with Crippen LogP contribution in [-0.4, -0.2) is 32.4 Å². The number of anilines is 1. The van der Waals surface area contributed by atoms with Crippen LogP contribution in [-0.2, 0) is 14.6 Å². The maximum atomic E-state index is 12.0. The number of unbranched alkanes of at least 4 members (excludes halogenated alkanes) is 2. The van der Waals surface area contributed by atoms with E-state index in [0.29, 0.717) is 18.7 Å². The normalized spacial score (nSPS) is 19.4. The molecule has 5 nitrogen and oxygen atoms in total. The van der Waals surface area contributed by atoms with Gasteiger partial charge in [-0.25, -0.2) is 8.42 Å². The lowest BCUT2D eigenvalue weighted by atomic mass is 10.1. The molecule has 1 fully saturated rings. The van der Waals surface area contributed by atoms with Crippen LogP contribution in [0, 0.1) is 5.92 Å². The Morgan fingerprint density at radius 2 is 2.00 bits per heavy atom. The van der Waals surface area contributed by atoms with Crippen LogP contribution in [0.2, 0.25) is 0 Å². The van der Waals surface area contributed by atoms with E-state index in [1.807, 2.05) is 12.1 Å². The molecule has 1 aliphatic rings. The number of hydrogen-bond donors (Lipinski definition) is 1. The number of amides is 1. The number of sulfone groups is 1.